The summed E-state index contributed by atoms with van der Waals surface area (Å²) in [6.07, 6.45) is 1.20. The smallest absolute Gasteiger partial charge is 0.333 e. The molecule has 0 fully saturated rings. The molecule has 1 unspecified atom stereocenters. The van der Waals surface area contributed by atoms with Gasteiger partial charge in [0.15, 0.2) is 0 Å². The van der Waals surface area contributed by atoms with E-state index in [2.05, 4.69) is 17.2 Å². The fraction of sp³-hybridized carbons (Fsp3) is 0.667. The van der Waals surface area contributed by atoms with Gasteiger partial charge in [0, 0.05) is 18.2 Å². The van der Waals surface area contributed by atoms with Gasteiger partial charge in [0.1, 0.15) is 0 Å². The van der Waals surface area contributed by atoms with Crippen LogP contribution in [0.15, 0.2) is 12.2 Å². The fourth-order valence-corrected chi connectivity index (χ4v) is 1.24. The molecule has 2 amide bonds. The molecule has 120 valence electrons. The number of ether oxygens (including phenoxy) is 1. The van der Waals surface area contributed by atoms with E-state index in [0.29, 0.717) is 12.0 Å². The zero-order chi connectivity index (χ0) is 16.4. The van der Waals surface area contributed by atoms with Gasteiger partial charge < -0.3 is 15.4 Å². The predicted molar refractivity (Wildman–Crippen MR) is 80.5 cm³/mol. The molecule has 0 aliphatic heterocycles. The van der Waals surface area contributed by atoms with Crippen molar-refractivity contribution < 1.29 is 19.1 Å². The summed E-state index contributed by atoms with van der Waals surface area (Å²) in [4.78, 5) is 34.3. The van der Waals surface area contributed by atoms with Crippen molar-refractivity contribution in [3.05, 3.63) is 12.2 Å². The Labute approximate surface area is 126 Å². The molecule has 0 radical (unpaired) electrons. The standard InChI is InChI=1S/C15H26N2O4/c1-6-11(4)17-14(19)13(18)16-8-7-9-21-15(20)12(5)10(2)3/h10-11H,5-9H2,1-4H3,(H,16,18)(H,17,19). The summed E-state index contributed by atoms with van der Waals surface area (Å²) >= 11 is 0. The van der Waals surface area contributed by atoms with Crippen molar-refractivity contribution in [2.45, 2.75) is 46.6 Å². The van der Waals surface area contributed by atoms with E-state index < -0.39 is 17.8 Å². The first-order valence-electron chi connectivity index (χ1n) is 7.24. The molecule has 0 aromatic heterocycles. The lowest BCUT2D eigenvalue weighted by Gasteiger charge is -2.11. The van der Waals surface area contributed by atoms with Crippen LogP contribution in [0.2, 0.25) is 0 Å². The van der Waals surface area contributed by atoms with Crippen LogP contribution in [0.1, 0.15) is 40.5 Å². The molecule has 0 rings (SSSR count). The number of rotatable bonds is 8. The minimum absolute atomic E-state index is 0.0359. The third-order valence-electron chi connectivity index (χ3n) is 3.00. The maximum Gasteiger partial charge on any atom is 0.333 e. The van der Waals surface area contributed by atoms with E-state index in [1.807, 2.05) is 27.7 Å². The Balaban J connectivity index is 3.81. The summed E-state index contributed by atoms with van der Waals surface area (Å²) in [5.41, 5.74) is 0.423. The summed E-state index contributed by atoms with van der Waals surface area (Å²) in [5.74, 6) is -1.70. The second-order valence-electron chi connectivity index (χ2n) is 5.21. The average molecular weight is 298 g/mol. The van der Waals surface area contributed by atoms with Gasteiger partial charge in [-0.1, -0.05) is 27.4 Å². The summed E-state index contributed by atoms with van der Waals surface area (Å²) in [5, 5.41) is 5.04. The molecule has 0 saturated carbocycles. The van der Waals surface area contributed by atoms with Crippen molar-refractivity contribution in [2.24, 2.45) is 5.92 Å². The van der Waals surface area contributed by atoms with Gasteiger partial charge in [-0.25, -0.2) is 4.79 Å². The Morgan fingerprint density at radius 3 is 2.29 bits per heavy atom. The molecule has 1 atom stereocenters. The van der Waals surface area contributed by atoms with Crippen LogP contribution in [0.4, 0.5) is 0 Å². The maximum atomic E-state index is 11.5. The lowest BCUT2D eigenvalue weighted by molar-refractivity contribution is -0.140. The highest BCUT2D eigenvalue weighted by Gasteiger charge is 2.15. The molecular weight excluding hydrogens is 272 g/mol. The summed E-state index contributed by atoms with van der Waals surface area (Å²) in [6, 6.07) is -0.0359. The van der Waals surface area contributed by atoms with Crippen LogP contribution in [-0.4, -0.2) is 37.0 Å². The van der Waals surface area contributed by atoms with Gasteiger partial charge in [-0.05, 0) is 25.7 Å². The van der Waals surface area contributed by atoms with Crippen molar-refractivity contribution in [3.8, 4) is 0 Å². The highest BCUT2D eigenvalue weighted by molar-refractivity contribution is 6.35. The van der Waals surface area contributed by atoms with Crippen LogP contribution in [-0.2, 0) is 19.1 Å². The van der Waals surface area contributed by atoms with E-state index in [9.17, 15) is 14.4 Å². The van der Waals surface area contributed by atoms with Crippen molar-refractivity contribution in [3.63, 3.8) is 0 Å². The molecule has 0 bridgehead atoms. The molecule has 0 saturated heterocycles. The van der Waals surface area contributed by atoms with E-state index in [4.69, 9.17) is 4.74 Å². The van der Waals surface area contributed by atoms with Gasteiger partial charge in [0.05, 0.1) is 6.61 Å². The predicted octanol–water partition coefficient (Wildman–Crippen LogP) is 1.16. The van der Waals surface area contributed by atoms with Gasteiger partial charge in [-0.15, -0.1) is 0 Å². The van der Waals surface area contributed by atoms with Gasteiger partial charge in [-0.3, -0.25) is 9.59 Å². The zero-order valence-corrected chi connectivity index (χ0v) is 13.3. The third-order valence-corrected chi connectivity index (χ3v) is 3.00. The van der Waals surface area contributed by atoms with Crippen LogP contribution < -0.4 is 10.6 Å². The Morgan fingerprint density at radius 1 is 1.14 bits per heavy atom. The summed E-state index contributed by atoms with van der Waals surface area (Å²) in [7, 11) is 0. The molecule has 0 heterocycles. The maximum absolute atomic E-state index is 11.5. The monoisotopic (exact) mass is 298 g/mol. The van der Waals surface area contributed by atoms with Crippen LogP contribution in [0.3, 0.4) is 0 Å². The van der Waals surface area contributed by atoms with Crippen LogP contribution in [0, 0.1) is 5.92 Å². The largest absolute Gasteiger partial charge is 0.462 e. The SMILES string of the molecule is C=C(C(=O)OCCCNC(=O)C(=O)NC(C)CC)C(C)C. The molecular formula is C15H26N2O4. The molecule has 2 N–H and O–H groups in total. The van der Waals surface area contributed by atoms with Gasteiger partial charge in [0.2, 0.25) is 0 Å². The van der Waals surface area contributed by atoms with Gasteiger partial charge >= 0.3 is 17.8 Å². The first-order valence-corrected chi connectivity index (χ1v) is 7.24. The Morgan fingerprint density at radius 2 is 1.76 bits per heavy atom. The highest BCUT2D eigenvalue weighted by Crippen LogP contribution is 2.08. The molecule has 21 heavy (non-hydrogen) atoms. The Hall–Kier alpha value is -1.85. The minimum atomic E-state index is -0.673. The number of hydrogen-bond donors (Lipinski definition) is 2. The second kappa shape index (κ2) is 9.96. The molecule has 0 aromatic rings. The summed E-state index contributed by atoms with van der Waals surface area (Å²) < 4.78 is 5.00. The highest BCUT2D eigenvalue weighted by atomic mass is 16.5. The molecule has 6 nitrogen and oxygen atoms in total. The van der Waals surface area contributed by atoms with Crippen LogP contribution in [0.5, 0.6) is 0 Å². The van der Waals surface area contributed by atoms with E-state index in [1.54, 1.807) is 0 Å². The van der Waals surface area contributed by atoms with E-state index in [-0.39, 0.29) is 25.1 Å². The lowest BCUT2D eigenvalue weighted by atomic mass is 10.1. The molecule has 0 aromatic carbocycles. The van der Waals surface area contributed by atoms with Crippen LogP contribution >= 0.6 is 0 Å². The Bertz CT molecular complexity index is 391. The first-order chi connectivity index (χ1) is 9.79. The number of esters is 1. The molecule has 0 spiro atoms. The number of carbonyl (C=O) groups excluding carboxylic acids is 3. The lowest BCUT2D eigenvalue weighted by Crippen LogP contribution is -2.43. The summed E-state index contributed by atoms with van der Waals surface area (Å²) in [6.45, 7) is 11.6. The van der Waals surface area contributed by atoms with E-state index in [1.165, 1.54) is 0 Å². The Kier molecular flexibility index (Phi) is 9.08. The van der Waals surface area contributed by atoms with Gasteiger partial charge in [-0.2, -0.15) is 0 Å². The van der Waals surface area contributed by atoms with Crippen molar-refractivity contribution in [2.75, 3.05) is 13.2 Å². The molecule has 0 aliphatic carbocycles. The number of nitrogens with one attached hydrogen (secondary N) is 2. The van der Waals surface area contributed by atoms with Crippen molar-refractivity contribution in [1.82, 2.24) is 10.6 Å². The second-order valence-corrected chi connectivity index (χ2v) is 5.21. The van der Waals surface area contributed by atoms with Crippen LogP contribution in [0.25, 0.3) is 0 Å². The number of amides is 2. The average Bonchev–Trinajstić information content (AvgIpc) is 2.44. The molecule has 6 heteroatoms. The van der Waals surface area contributed by atoms with Gasteiger partial charge in [0.25, 0.3) is 0 Å². The van der Waals surface area contributed by atoms with Crippen molar-refractivity contribution in [1.29, 1.82) is 0 Å². The third kappa shape index (κ3) is 8.12. The quantitative estimate of drug-likeness (QED) is 0.305. The normalized spacial score (nSPS) is 11.7. The number of carbonyl (C=O) groups is 3. The van der Waals surface area contributed by atoms with Crippen molar-refractivity contribution >= 4 is 17.8 Å². The fourth-order valence-electron chi connectivity index (χ4n) is 1.24. The number of hydrogen-bond acceptors (Lipinski definition) is 4. The minimum Gasteiger partial charge on any atom is -0.462 e. The molecule has 0 aliphatic rings. The zero-order valence-electron chi connectivity index (χ0n) is 13.3. The first kappa shape index (κ1) is 19.1. The topological polar surface area (TPSA) is 84.5 Å². The van der Waals surface area contributed by atoms with E-state index in [0.717, 1.165) is 6.42 Å². The van der Waals surface area contributed by atoms with E-state index >= 15 is 0 Å².